The SMILES string of the molecule is Cc1ccc(S(=O)(=O)Nc2ccc3c(c2)CC(=O)N([C@@H](C)CO)C[C@H](C)[C@@H](CN(C)S(=O)(=O)c2cn(C)cn2)O3)cc1. The van der Waals surface area contributed by atoms with Gasteiger partial charge in [-0.05, 0) is 44.2 Å². The highest BCUT2D eigenvalue weighted by atomic mass is 32.2. The van der Waals surface area contributed by atoms with Crippen molar-refractivity contribution in [2.75, 3.05) is 31.5 Å². The summed E-state index contributed by atoms with van der Waals surface area (Å²) in [6.45, 7) is 5.34. The molecule has 0 saturated carbocycles. The molecule has 2 heterocycles. The highest BCUT2D eigenvalue weighted by molar-refractivity contribution is 7.92. The molecule has 0 saturated heterocycles. The van der Waals surface area contributed by atoms with Gasteiger partial charge in [-0.3, -0.25) is 9.52 Å². The molecule has 3 atom stereocenters. The standard InChI is InChI=1S/C28H37N5O7S2/c1-19-6-9-24(10-7-19)41(36,37)30-23-8-11-25-22(12-23)13-28(35)33(21(3)17-34)14-20(2)26(40-25)15-32(5)42(38,39)27-16-31(4)18-29-27/h6-12,16,18,20-21,26,30,34H,13-15,17H2,1-5H3/t20-,21-,26+/m0/s1. The number of hydrogen-bond donors (Lipinski definition) is 2. The fourth-order valence-electron chi connectivity index (χ4n) is 4.68. The summed E-state index contributed by atoms with van der Waals surface area (Å²) >= 11 is 0. The van der Waals surface area contributed by atoms with Crippen LogP contribution in [0.25, 0.3) is 0 Å². The number of hydrogen-bond acceptors (Lipinski definition) is 8. The summed E-state index contributed by atoms with van der Waals surface area (Å²) in [5.74, 6) is -0.280. The zero-order chi connectivity index (χ0) is 30.8. The maximum atomic E-state index is 13.5. The molecule has 0 spiro atoms. The molecule has 14 heteroatoms. The number of benzene rings is 2. The van der Waals surface area contributed by atoms with Crippen LogP contribution in [0.3, 0.4) is 0 Å². The predicted molar refractivity (Wildman–Crippen MR) is 157 cm³/mol. The number of carbonyl (C=O) groups is 1. The molecule has 0 radical (unpaired) electrons. The number of nitrogens with one attached hydrogen (secondary N) is 1. The summed E-state index contributed by atoms with van der Waals surface area (Å²) in [7, 11) is -4.71. The van der Waals surface area contributed by atoms with Crippen molar-refractivity contribution >= 4 is 31.6 Å². The maximum Gasteiger partial charge on any atom is 0.261 e. The zero-order valence-electron chi connectivity index (χ0n) is 24.3. The summed E-state index contributed by atoms with van der Waals surface area (Å²) in [4.78, 5) is 19.1. The Hall–Kier alpha value is -3.46. The second kappa shape index (κ2) is 12.4. The Kier molecular flexibility index (Phi) is 9.30. The number of anilines is 1. The lowest BCUT2D eigenvalue weighted by atomic mass is 10.0. The third-order valence-electron chi connectivity index (χ3n) is 7.29. The van der Waals surface area contributed by atoms with Crippen molar-refractivity contribution in [2.45, 2.75) is 49.3 Å². The van der Waals surface area contributed by atoms with Gasteiger partial charge in [0.2, 0.25) is 5.91 Å². The van der Waals surface area contributed by atoms with Gasteiger partial charge in [0.15, 0.2) is 5.03 Å². The molecule has 12 nitrogen and oxygen atoms in total. The first-order valence-electron chi connectivity index (χ1n) is 13.4. The molecule has 4 rings (SSSR count). The fraction of sp³-hybridized carbons (Fsp3) is 0.429. The highest BCUT2D eigenvalue weighted by Crippen LogP contribution is 2.30. The van der Waals surface area contributed by atoms with E-state index in [1.807, 2.05) is 13.8 Å². The Balaban J connectivity index is 1.68. The Morgan fingerprint density at radius 3 is 2.48 bits per heavy atom. The summed E-state index contributed by atoms with van der Waals surface area (Å²) in [6, 6.07) is 10.6. The number of likely N-dealkylation sites (N-methyl/N-ethyl adjacent to an activating group) is 1. The molecule has 2 N–H and O–H groups in total. The number of fused-ring (bicyclic) bond motifs is 1. The Morgan fingerprint density at radius 2 is 1.86 bits per heavy atom. The molecular weight excluding hydrogens is 582 g/mol. The van der Waals surface area contributed by atoms with Gasteiger partial charge in [0.05, 0.1) is 36.8 Å². The lowest BCUT2D eigenvalue weighted by Gasteiger charge is -2.33. The van der Waals surface area contributed by atoms with E-state index in [9.17, 15) is 26.7 Å². The van der Waals surface area contributed by atoms with E-state index in [2.05, 4.69) is 9.71 Å². The third-order valence-corrected chi connectivity index (χ3v) is 10.4. The maximum absolute atomic E-state index is 13.5. The first-order valence-corrected chi connectivity index (χ1v) is 16.4. The number of aryl methyl sites for hydroxylation is 2. The minimum absolute atomic E-state index is 0.0448. The monoisotopic (exact) mass is 619 g/mol. The lowest BCUT2D eigenvalue weighted by molar-refractivity contribution is -0.134. The van der Waals surface area contributed by atoms with Crippen LogP contribution in [-0.2, 0) is 38.3 Å². The van der Waals surface area contributed by atoms with Gasteiger partial charge in [-0.1, -0.05) is 24.6 Å². The molecule has 1 amide bonds. The van der Waals surface area contributed by atoms with Gasteiger partial charge in [0.1, 0.15) is 11.9 Å². The largest absolute Gasteiger partial charge is 0.488 e. The molecule has 0 bridgehead atoms. The van der Waals surface area contributed by atoms with Crippen molar-refractivity contribution in [3.05, 3.63) is 66.1 Å². The first-order chi connectivity index (χ1) is 19.7. The van der Waals surface area contributed by atoms with Crippen molar-refractivity contribution < 1.29 is 31.5 Å². The van der Waals surface area contributed by atoms with Gasteiger partial charge in [-0.15, -0.1) is 0 Å². The molecule has 0 aliphatic carbocycles. The number of nitrogens with zero attached hydrogens (tertiary/aromatic N) is 4. The van der Waals surface area contributed by atoms with E-state index in [4.69, 9.17) is 4.74 Å². The molecule has 3 aromatic rings. The van der Waals surface area contributed by atoms with Crippen molar-refractivity contribution in [3.63, 3.8) is 0 Å². The number of aliphatic hydroxyl groups is 1. The average molecular weight is 620 g/mol. The van der Waals surface area contributed by atoms with Crippen LogP contribution in [-0.4, -0.2) is 85.5 Å². The minimum Gasteiger partial charge on any atom is -0.488 e. The van der Waals surface area contributed by atoms with Crippen molar-refractivity contribution in [1.82, 2.24) is 18.8 Å². The van der Waals surface area contributed by atoms with E-state index in [-0.39, 0.29) is 53.6 Å². The van der Waals surface area contributed by atoms with Crippen LogP contribution in [0.15, 0.2) is 64.9 Å². The van der Waals surface area contributed by atoms with Gasteiger partial charge >= 0.3 is 0 Å². The van der Waals surface area contributed by atoms with Crippen LogP contribution in [0.1, 0.15) is 25.0 Å². The second-order valence-electron chi connectivity index (χ2n) is 10.8. The van der Waals surface area contributed by atoms with Crippen LogP contribution in [0.2, 0.25) is 0 Å². The van der Waals surface area contributed by atoms with E-state index in [0.717, 1.165) is 5.56 Å². The normalized spacial score (nSPS) is 18.9. The fourth-order valence-corrected chi connectivity index (χ4v) is 6.87. The lowest BCUT2D eigenvalue weighted by Crippen LogP contribution is -2.48. The molecule has 1 aliphatic rings. The van der Waals surface area contributed by atoms with Gasteiger partial charge in [-0.2, -0.15) is 4.31 Å². The van der Waals surface area contributed by atoms with Crippen molar-refractivity contribution in [2.24, 2.45) is 13.0 Å². The molecule has 1 aromatic heterocycles. The van der Waals surface area contributed by atoms with Gasteiger partial charge in [0, 0.05) is 44.0 Å². The van der Waals surface area contributed by atoms with E-state index in [1.54, 1.807) is 47.7 Å². The van der Waals surface area contributed by atoms with Gasteiger partial charge in [-0.25, -0.2) is 21.8 Å². The number of aliphatic hydroxyl groups excluding tert-OH is 1. The second-order valence-corrected chi connectivity index (χ2v) is 14.5. The van der Waals surface area contributed by atoms with Gasteiger partial charge in [0.25, 0.3) is 20.0 Å². The number of amides is 1. The quantitative estimate of drug-likeness (QED) is 0.369. The van der Waals surface area contributed by atoms with Crippen LogP contribution in [0.4, 0.5) is 5.69 Å². The minimum atomic E-state index is -3.93. The van der Waals surface area contributed by atoms with Crippen molar-refractivity contribution in [3.8, 4) is 5.75 Å². The number of imidazole rings is 1. The first kappa shape index (κ1) is 31.5. The Bertz CT molecular complexity index is 1640. The molecule has 2 aromatic carbocycles. The smallest absolute Gasteiger partial charge is 0.261 e. The molecule has 0 unspecified atom stereocenters. The summed E-state index contributed by atoms with van der Waals surface area (Å²) in [5, 5.41) is 9.77. The average Bonchev–Trinajstić information content (AvgIpc) is 3.39. The van der Waals surface area contributed by atoms with E-state index in [1.165, 1.54) is 42.1 Å². The molecule has 228 valence electrons. The zero-order valence-corrected chi connectivity index (χ0v) is 25.9. The molecular formula is C28H37N5O7S2. The third kappa shape index (κ3) is 6.94. The number of ether oxygens (including phenoxy) is 1. The summed E-state index contributed by atoms with van der Waals surface area (Å²) < 4.78 is 64.1. The molecule has 0 fully saturated rings. The number of sulfonamides is 2. The molecule has 42 heavy (non-hydrogen) atoms. The van der Waals surface area contributed by atoms with E-state index >= 15 is 0 Å². The van der Waals surface area contributed by atoms with Gasteiger partial charge < -0.3 is 19.3 Å². The highest BCUT2D eigenvalue weighted by Gasteiger charge is 2.34. The summed E-state index contributed by atoms with van der Waals surface area (Å²) in [6.07, 6.45) is 2.01. The Morgan fingerprint density at radius 1 is 1.17 bits per heavy atom. The Labute approximate surface area is 247 Å². The van der Waals surface area contributed by atoms with Crippen molar-refractivity contribution in [1.29, 1.82) is 0 Å². The number of carbonyl (C=O) groups excluding carboxylic acids is 1. The predicted octanol–water partition coefficient (Wildman–Crippen LogP) is 2.00. The van der Waals surface area contributed by atoms with E-state index in [0.29, 0.717) is 11.3 Å². The van der Waals surface area contributed by atoms with Crippen LogP contribution >= 0.6 is 0 Å². The number of rotatable bonds is 9. The summed E-state index contributed by atoms with van der Waals surface area (Å²) in [5.41, 5.74) is 1.59. The van der Waals surface area contributed by atoms with Crippen LogP contribution in [0.5, 0.6) is 5.75 Å². The topological polar surface area (TPSA) is 151 Å². The van der Waals surface area contributed by atoms with Crippen LogP contribution in [0, 0.1) is 12.8 Å². The van der Waals surface area contributed by atoms with Crippen LogP contribution < -0.4 is 9.46 Å². The number of aromatic nitrogens is 2. The molecule has 1 aliphatic heterocycles. The van der Waals surface area contributed by atoms with E-state index < -0.39 is 32.2 Å².